The summed E-state index contributed by atoms with van der Waals surface area (Å²) in [6, 6.07) is 12.8. The van der Waals surface area contributed by atoms with Crippen LogP contribution in [0.15, 0.2) is 42.5 Å². The van der Waals surface area contributed by atoms with Crippen molar-refractivity contribution in [3.8, 4) is 5.75 Å². The third-order valence-corrected chi connectivity index (χ3v) is 4.06. The van der Waals surface area contributed by atoms with Crippen LogP contribution in [0, 0.1) is 5.82 Å². The molecule has 3 heteroatoms. The van der Waals surface area contributed by atoms with Crippen molar-refractivity contribution in [3.63, 3.8) is 0 Å². The lowest BCUT2D eigenvalue weighted by atomic mass is 9.98. The average Bonchev–Trinajstić information content (AvgIpc) is 2.49. The molecule has 1 atom stereocenters. The van der Waals surface area contributed by atoms with Gasteiger partial charge in [-0.05, 0) is 48.1 Å². The van der Waals surface area contributed by atoms with E-state index in [1.165, 1.54) is 11.6 Å². The Balaban J connectivity index is 1.80. The number of fused-ring (bicyclic) bond motifs is 1. The van der Waals surface area contributed by atoms with Gasteiger partial charge in [0, 0.05) is 0 Å². The number of hydrogen-bond donors (Lipinski definition) is 0. The molecule has 0 spiro atoms. The van der Waals surface area contributed by atoms with Crippen molar-refractivity contribution in [3.05, 3.63) is 65.0 Å². The van der Waals surface area contributed by atoms with E-state index in [1.807, 2.05) is 18.2 Å². The van der Waals surface area contributed by atoms with Gasteiger partial charge in [0.05, 0.1) is 12.0 Å². The van der Waals surface area contributed by atoms with Gasteiger partial charge in [0.25, 0.3) is 0 Å². The molecule has 0 aromatic heterocycles. The van der Waals surface area contributed by atoms with Gasteiger partial charge >= 0.3 is 0 Å². The molecule has 0 saturated carbocycles. The molecule has 0 amide bonds. The fourth-order valence-corrected chi connectivity index (χ4v) is 2.85. The molecule has 0 saturated heterocycles. The normalized spacial score (nSPS) is 15.3. The van der Waals surface area contributed by atoms with Crippen molar-refractivity contribution in [1.29, 1.82) is 0 Å². The number of hydrogen-bond acceptors (Lipinski definition) is 1. The van der Waals surface area contributed by atoms with Crippen LogP contribution in [0.5, 0.6) is 5.75 Å². The van der Waals surface area contributed by atoms with E-state index in [2.05, 4.69) is 6.07 Å². The minimum absolute atomic E-state index is 0.195. The molecule has 0 radical (unpaired) electrons. The van der Waals surface area contributed by atoms with Gasteiger partial charge in [-0.15, -0.1) is 11.6 Å². The maximum Gasteiger partial charge on any atom is 0.126 e. The topological polar surface area (TPSA) is 9.23 Å². The highest BCUT2D eigenvalue weighted by Crippen LogP contribution is 2.32. The van der Waals surface area contributed by atoms with Crippen molar-refractivity contribution in [1.82, 2.24) is 0 Å². The Labute approximate surface area is 123 Å². The Morgan fingerprint density at radius 2 is 2.05 bits per heavy atom. The minimum Gasteiger partial charge on any atom is -0.493 e. The molecule has 1 aliphatic heterocycles. The summed E-state index contributed by atoms with van der Waals surface area (Å²) in [4.78, 5) is 0. The maximum atomic E-state index is 13.7. The predicted octanol–water partition coefficient (Wildman–Crippen LogP) is 4.67. The Morgan fingerprint density at radius 3 is 2.90 bits per heavy atom. The molecule has 1 unspecified atom stereocenters. The second-order valence-electron chi connectivity index (χ2n) is 5.08. The van der Waals surface area contributed by atoms with E-state index >= 15 is 0 Å². The summed E-state index contributed by atoms with van der Waals surface area (Å²) in [5.41, 5.74) is 2.88. The number of alkyl halides is 1. The second-order valence-corrected chi connectivity index (χ2v) is 5.61. The molecule has 1 nitrogen and oxygen atoms in total. The highest BCUT2D eigenvalue weighted by Gasteiger charge is 2.16. The Kier molecular flexibility index (Phi) is 3.93. The van der Waals surface area contributed by atoms with Crippen LogP contribution in [0.3, 0.4) is 0 Å². The fourth-order valence-electron chi connectivity index (χ4n) is 2.55. The number of rotatable bonds is 3. The van der Waals surface area contributed by atoms with E-state index in [9.17, 15) is 4.39 Å². The molecule has 1 heterocycles. The fraction of sp³-hybridized carbons (Fsp3) is 0.294. The molecule has 0 aliphatic carbocycles. The quantitative estimate of drug-likeness (QED) is 0.746. The van der Waals surface area contributed by atoms with Crippen LogP contribution in [0.25, 0.3) is 0 Å². The van der Waals surface area contributed by atoms with Crippen LogP contribution in [0.4, 0.5) is 4.39 Å². The summed E-state index contributed by atoms with van der Waals surface area (Å²) in [6.45, 7) is 0.784. The van der Waals surface area contributed by atoms with E-state index in [4.69, 9.17) is 16.3 Å². The molecule has 0 N–H and O–H groups in total. The summed E-state index contributed by atoms with van der Waals surface area (Å²) in [5, 5.41) is -0.223. The first kappa shape index (κ1) is 13.4. The van der Waals surface area contributed by atoms with Gasteiger partial charge in [-0.3, -0.25) is 0 Å². The first-order valence-electron chi connectivity index (χ1n) is 6.87. The van der Waals surface area contributed by atoms with Crippen LogP contribution in [0.2, 0.25) is 0 Å². The molecular weight excluding hydrogens is 275 g/mol. The zero-order valence-electron chi connectivity index (χ0n) is 11.1. The van der Waals surface area contributed by atoms with E-state index in [1.54, 1.807) is 12.1 Å². The zero-order chi connectivity index (χ0) is 13.9. The summed E-state index contributed by atoms with van der Waals surface area (Å²) in [5.74, 6) is 0.759. The molecular formula is C17H16ClFO. The summed E-state index contributed by atoms with van der Waals surface area (Å²) in [7, 11) is 0. The Bertz CT molecular complexity index is 612. The van der Waals surface area contributed by atoms with Crippen LogP contribution in [-0.4, -0.2) is 6.61 Å². The SMILES string of the molecule is Fc1ccccc1CC(Cl)c1ccc2c(c1)CCCO2. The van der Waals surface area contributed by atoms with Gasteiger partial charge < -0.3 is 4.74 Å². The van der Waals surface area contributed by atoms with Crippen LogP contribution >= 0.6 is 11.6 Å². The van der Waals surface area contributed by atoms with Crippen molar-refractivity contribution >= 4 is 11.6 Å². The van der Waals surface area contributed by atoms with Crippen molar-refractivity contribution in [2.75, 3.05) is 6.61 Å². The van der Waals surface area contributed by atoms with E-state index in [0.717, 1.165) is 30.8 Å². The molecule has 20 heavy (non-hydrogen) atoms. The van der Waals surface area contributed by atoms with Gasteiger partial charge in [0.15, 0.2) is 0 Å². The molecule has 3 rings (SSSR count). The predicted molar refractivity (Wildman–Crippen MR) is 79.0 cm³/mol. The first-order chi connectivity index (χ1) is 9.74. The second kappa shape index (κ2) is 5.84. The highest BCUT2D eigenvalue weighted by molar-refractivity contribution is 6.20. The number of ether oxygens (including phenoxy) is 1. The minimum atomic E-state index is -0.223. The van der Waals surface area contributed by atoms with Crippen molar-refractivity contribution in [2.45, 2.75) is 24.6 Å². The summed E-state index contributed by atoms with van der Waals surface area (Å²) >= 11 is 6.45. The Morgan fingerprint density at radius 1 is 1.20 bits per heavy atom. The molecule has 0 bridgehead atoms. The van der Waals surface area contributed by atoms with Crippen LogP contribution in [0.1, 0.15) is 28.5 Å². The van der Waals surface area contributed by atoms with E-state index in [0.29, 0.717) is 12.0 Å². The third-order valence-electron chi connectivity index (χ3n) is 3.65. The lowest BCUT2D eigenvalue weighted by Gasteiger charge is -2.19. The average molecular weight is 291 g/mol. The van der Waals surface area contributed by atoms with Gasteiger partial charge in [-0.1, -0.05) is 30.3 Å². The lowest BCUT2D eigenvalue weighted by molar-refractivity contribution is 0.288. The summed E-state index contributed by atoms with van der Waals surface area (Å²) < 4.78 is 19.3. The lowest BCUT2D eigenvalue weighted by Crippen LogP contribution is -2.09. The van der Waals surface area contributed by atoms with Crippen molar-refractivity contribution < 1.29 is 9.13 Å². The van der Waals surface area contributed by atoms with Gasteiger partial charge in [-0.25, -0.2) is 4.39 Å². The van der Waals surface area contributed by atoms with Gasteiger partial charge in [0.2, 0.25) is 0 Å². The smallest absolute Gasteiger partial charge is 0.126 e. The van der Waals surface area contributed by atoms with Gasteiger partial charge in [0.1, 0.15) is 11.6 Å². The Hall–Kier alpha value is -1.54. The first-order valence-corrected chi connectivity index (χ1v) is 7.31. The number of benzene rings is 2. The molecule has 1 aliphatic rings. The van der Waals surface area contributed by atoms with E-state index < -0.39 is 0 Å². The summed E-state index contributed by atoms with van der Waals surface area (Å²) in [6.07, 6.45) is 2.55. The molecule has 2 aromatic rings. The third kappa shape index (κ3) is 2.80. The van der Waals surface area contributed by atoms with Crippen LogP contribution < -0.4 is 4.74 Å². The standard InChI is InChI=1S/C17H16ClFO/c18-15(11-13-4-1-2-6-16(13)19)12-7-8-17-14(10-12)5-3-9-20-17/h1-2,4,6-8,10,15H,3,5,9,11H2. The zero-order valence-corrected chi connectivity index (χ0v) is 11.9. The highest BCUT2D eigenvalue weighted by atomic mass is 35.5. The van der Waals surface area contributed by atoms with Gasteiger partial charge in [-0.2, -0.15) is 0 Å². The van der Waals surface area contributed by atoms with Crippen molar-refractivity contribution in [2.24, 2.45) is 0 Å². The largest absolute Gasteiger partial charge is 0.493 e. The monoisotopic (exact) mass is 290 g/mol. The number of aryl methyl sites for hydroxylation is 1. The van der Waals surface area contributed by atoms with Crippen LogP contribution in [-0.2, 0) is 12.8 Å². The molecule has 104 valence electrons. The van der Waals surface area contributed by atoms with E-state index in [-0.39, 0.29) is 11.2 Å². The maximum absolute atomic E-state index is 13.7. The molecule has 0 fully saturated rings. The number of halogens is 2. The molecule has 2 aromatic carbocycles.